The van der Waals surface area contributed by atoms with E-state index in [-0.39, 0.29) is 6.54 Å². The molecule has 2 bridgehead atoms. The molecule has 8 heteroatoms. The molecule has 5 atom stereocenters. The SMILES string of the molecule is O=C(O)C1C2CCC3(O2)C1C(=O)N(Cc1ccc(Cl)cc1)C3C(=O)O. The van der Waals surface area contributed by atoms with E-state index in [1.807, 2.05) is 0 Å². The highest BCUT2D eigenvalue weighted by Gasteiger charge is 2.74. The fourth-order valence-electron chi connectivity index (χ4n) is 4.67. The molecule has 3 heterocycles. The van der Waals surface area contributed by atoms with E-state index >= 15 is 0 Å². The first-order valence-corrected chi connectivity index (χ1v) is 8.41. The summed E-state index contributed by atoms with van der Waals surface area (Å²) < 4.78 is 5.84. The Morgan fingerprint density at radius 1 is 1.24 bits per heavy atom. The zero-order valence-corrected chi connectivity index (χ0v) is 13.8. The molecule has 1 aromatic carbocycles. The first kappa shape index (κ1) is 16.4. The third-order valence-corrected chi connectivity index (χ3v) is 5.84. The minimum absolute atomic E-state index is 0.0750. The molecule has 0 saturated carbocycles. The van der Waals surface area contributed by atoms with Crippen LogP contribution < -0.4 is 0 Å². The van der Waals surface area contributed by atoms with Crippen LogP contribution in [-0.2, 0) is 25.7 Å². The Morgan fingerprint density at radius 3 is 2.52 bits per heavy atom. The average molecular weight is 366 g/mol. The molecule has 132 valence electrons. The molecule has 3 aliphatic rings. The number of carboxylic acid groups (broad SMARTS) is 2. The van der Waals surface area contributed by atoms with Gasteiger partial charge in [-0.25, -0.2) is 4.79 Å². The van der Waals surface area contributed by atoms with Gasteiger partial charge >= 0.3 is 11.9 Å². The molecule has 1 amide bonds. The molecule has 0 aliphatic carbocycles. The Labute approximate surface area is 148 Å². The Kier molecular flexibility index (Phi) is 3.56. The first-order valence-electron chi connectivity index (χ1n) is 8.03. The van der Waals surface area contributed by atoms with Crippen LogP contribution in [-0.4, -0.2) is 50.7 Å². The van der Waals surface area contributed by atoms with Crippen LogP contribution in [0, 0.1) is 11.8 Å². The second-order valence-electron chi connectivity index (χ2n) is 6.83. The minimum Gasteiger partial charge on any atom is -0.481 e. The molecule has 3 fully saturated rings. The Balaban J connectivity index is 1.73. The van der Waals surface area contributed by atoms with Gasteiger partial charge in [-0.3, -0.25) is 9.59 Å². The summed E-state index contributed by atoms with van der Waals surface area (Å²) in [6.07, 6.45) is 0.247. The zero-order valence-electron chi connectivity index (χ0n) is 13.1. The van der Waals surface area contributed by atoms with E-state index in [1.165, 1.54) is 4.90 Å². The second-order valence-corrected chi connectivity index (χ2v) is 7.26. The maximum absolute atomic E-state index is 13.0. The molecule has 3 aliphatic heterocycles. The van der Waals surface area contributed by atoms with E-state index in [0.717, 1.165) is 5.56 Å². The topological polar surface area (TPSA) is 104 Å². The molecule has 0 radical (unpaired) electrons. The van der Waals surface area contributed by atoms with Crippen molar-refractivity contribution in [3.63, 3.8) is 0 Å². The number of amides is 1. The molecular formula is C17H16ClNO6. The molecule has 5 unspecified atom stereocenters. The van der Waals surface area contributed by atoms with Crippen LogP contribution in [0.25, 0.3) is 0 Å². The molecule has 3 saturated heterocycles. The number of nitrogens with zero attached hydrogens (tertiary/aromatic N) is 1. The number of carbonyl (C=O) groups is 3. The van der Waals surface area contributed by atoms with Crippen LogP contribution in [0.3, 0.4) is 0 Å². The lowest BCUT2D eigenvalue weighted by molar-refractivity contribution is -0.154. The summed E-state index contributed by atoms with van der Waals surface area (Å²) in [7, 11) is 0. The lowest BCUT2D eigenvalue weighted by Gasteiger charge is -2.31. The van der Waals surface area contributed by atoms with Crippen molar-refractivity contribution in [2.45, 2.75) is 37.1 Å². The molecular weight excluding hydrogens is 350 g/mol. The fraction of sp³-hybridized carbons (Fsp3) is 0.471. The van der Waals surface area contributed by atoms with Gasteiger partial charge in [0.1, 0.15) is 5.60 Å². The van der Waals surface area contributed by atoms with E-state index in [9.17, 15) is 24.6 Å². The van der Waals surface area contributed by atoms with Crippen molar-refractivity contribution < 1.29 is 29.3 Å². The van der Waals surface area contributed by atoms with E-state index in [1.54, 1.807) is 24.3 Å². The molecule has 7 nitrogen and oxygen atoms in total. The molecule has 1 spiro atoms. The van der Waals surface area contributed by atoms with E-state index in [0.29, 0.717) is 17.9 Å². The quantitative estimate of drug-likeness (QED) is 0.835. The first-order chi connectivity index (χ1) is 11.8. The second kappa shape index (κ2) is 5.44. The third-order valence-electron chi connectivity index (χ3n) is 5.59. The van der Waals surface area contributed by atoms with Gasteiger partial charge in [0.05, 0.1) is 17.9 Å². The standard InChI is InChI=1S/C17H16ClNO6/c18-9-3-1-8(2-4-9)7-19-13(16(23)24)17-6-5-10(25-17)11(15(21)22)12(17)14(19)20/h1-4,10-13H,5-7H2,(H,21,22)(H,23,24). The molecule has 1 aromatic rings. The van der Waals surface area contributed by atoms with Crippen molar-refractivity contribution in [2.75, 3.05) is 0 Å². The van der Waals surface area contributed by atoms with Crippen LogP contribution in [0.5, 0.6) is 0 Å². The minimum atomic E-state index is -1.25. The van der Waals surface area contributed by atoms with Gasteiger partial charge in [-0.05, 0) is 30.5 Å². The predicted molar refractivity (Wildman–Crippen MR) is 84.9 cm³/mol. The molecule has 4 rings (SSSR count). The summed E-state index contributed by atoms with van der Waals surface area (Å²) in [6, 6.07) is 5.57. The van der Waals surface area contributed by atoms with Gasteiger partial charge in [0, 0.05) is 11.6 Å². The Bertz CT molecular complexity index is 765. The highest BCUT2D eigenvalue weighted by Crippen LogP contribution is 2.58. The Morgan fingerprint density at radius 2 is 1.92 bits per heavy atom. The highest BCUT2D eigenvalue weighted by atomic mass is 35.5. The number of carboxylic acids is 2. The van der Waals surface area contributed by atoms with Crippen LogP contribution in [0.4, 0.5) is 0 Å². The monoisotopic (exact) mass is 365 g/mol. The van der Waals surface area contributed by atoms with Crippen molar-refractivity contribution in [1.82, 2.24) is 4.90 Å². The fourth-order valence-corrected chi connectivity index (χ4v) is 4.80. The van der Waals surface area contributed by atoms with Gasteiger partial charge in [0.2, 0.25) is 5.91 Å². The average Bonchev–Trinajstić information content (AvgIpc) is 3.17. The molecule has 2 N–H and O–H groups in total. The highest BCUT2D eigenvalue weighted by molar-refractivity contribution is 6.30. The van der Waals surface area contributed by atoms with Gasteiger partial charge < -0.3 is 19.8 Å². The van der Waals surface area contributed by atoms with Crippen LogP contribution in [0.1, 0.15) is 18.4 Å². The van der Waals surface area contributed by atoms with E-state index in [4.69, 9.17) is 16.3 Å². The number of hydrogen-bond acceptors (Lipinski definition) is 4. The lowest BCUT2D eigenvalue weighted by Crippen LogP contribution is -2.50. The largest absolute Gasteiger partial charge is 0.481 e. The number of aliphatic carboxylic acids is 2. The summed E-state index contributed by atoms with van der Waals surface area (Å²) >= 11 is 5.86. The number of carbonyl (C=O) groups excluding carboxylic acids is 1. The van der Waals surface area contributed by atoms with Crippen molar-refractivity contribution in [1.29, 1.82) is 0 Å². The van der Waals surface area contributed by atoms with Gasteiger partial charge in [-0.15, -0.1) is 0 Å². The summed E-state index contributed by atoms with van der Waals surface area (Å²) in [5.41, 5.74) is -0.523. The van der Waals surface area contributed by atoms with Gasteiger partial charge in [0.15, 0.2) is 6.04 Å². The normalized spacial score (nSPS) is 35.9. The Hall–Kier alpha value is -2.12. The maximum atomic E-state index is 13.0. The number of rotatable bonds is 4. The van der Waals surface area contributed by atoms with E-state index < -0.39 is 47.4 Å². The van der Waals surface area contributed by atoms with Gasteiger partial charge in [-0.2, -0.15) is 0 Å². The van der Waals surface area contributed by atoms with Crippen LogP contribution in [0.15, 0.2) is 24.3 Å². The maximum Gasteiger partial charge on any atom is 0.329 e. The summed E-state index contributed by atoms with van der Waals surface area (Å²) in [4.78, 5) is 37.8. The van der Waals surface area contributed by atoms with Crippen molar-refractivity contribution in [3.8, 4) is 0 Å². The van der Waals surface area contributed by atoms with Gasteiger partial charge in [-0.1, -0.05) is 23.7 Å². The number of halogens is 1. The number of hydrogen-bond donors (Lipinski definition) is 2. The predicted octanol–water partition coefficient (Wildman–Crippen LogP) is 1.38. The van der Waals surface area contributed by atoms with Gasteiger partial charge in [0.25, 0.3) is 0 Å². The zero-order chi connectivity index (χ0) is 17.9. The third kappa shape index (κ3) is 2.19. The summed E-state index contributed by atoms with van der Waals surface area (Å²) in [6.45, 7) is 0.0750. The van der Waals surface area contributed by atoms with Crippen molar-refractivity contribution in [3.05, 3.63) is 34.9 Å². The number of fused-ring (bicyclic) bond motifs is 1. The number of benzene rings is 1. The number of likely N-dealkylation sites (tertiary alicyclic amines) is 1. The number of ether oxygens (including phenoxy) is 1. The summed E-state index contributed by atoms with van der Waals surface area (Å²) in [5, 5.41) is 19.8. The van der Waals surface area contributed by atoms with Crippen molar-refractivity contribution >= 4 is 29.4 Å². The lowest BCUT2D eigenvalue weighted by atomic mass is 9.71. The van der Waals surface area contributed by atoms with Crippen LogP contribution >= 0.6 is 11.6 Å². The van der Waals surface area contributed by atoms with E-state index in [2.05, 4.69) is 0 Å². The van der Waals surface area contributed by atoms with Crippen LogP contribution in [0.2, 0.25) is 5.02 Å². The summed E-state index contributed by atoms with van der Waals surface area (Å²) in [5.74, 6) is -4.67. The molecule has 25 heavy (non-hydrogen) atoms. The van der Waals surface area contributed by atoms with Crippen molar-refractivity contribution in [2.24, 2.45) is 11.8 Å². The smallest absolute Gasteiger partial charge is 0.329 e. The molecule has 0 aromatic heterocycles.